The zero-order valence-corrected chi connectivity index (χ0v) is 16.5. The van der Waals surface area contributed by atoms with Crippen molar-refractivity contribution >= 4 is 11.6 Å². The second kappa shape index (κ2) is 9.95. The van der Waals surface area contributed by atoms with Gasteiger partial charge in [0, 0.05) is 44.5 Å². The predicted octanol–water partition coefficient (Wildman–Crippen LogP) is 0.879. The first-order valence-corrected chi connectivity index (χ1v) is 9.95. The topological polar surface area (TPSA) is 106 Å². The highest BCUT2D eigenvalue weighted by molar-refractivity contribution is 5.99. The third kappa shape index (κ3) is 5.27. The van der Waals surface area contributed by atoms with Crippen LogP contribution >= 0.6 is 0 Å². The van der Waals surface area contributed by atoms with Crippen LogP contribution in [0.3, 0.4) is 0 Å². The number of methoxy groups -OCH3 is 1. The predicted molar refractivity (Wildman–Crippen MR) is 106 cm³/mol. The number of aliphatic hydroxyl groups is 1. The van der Waals surface area contributed by atoms with Gasteiger partial charge in [0.05, 0.1) is 11.7 Å². The Kier molecular flexibility index (Phi) is 7.36. The molecule has 2 aliphatic rings. The van der Waals surface area contributed by atoms with E-state index in [1.54, 1.807) is 19.2 Å². The summed E-state index contributed by atoms with van der Waals surface area (Å²) in [7, 11) is 1.71. The average Bonchev–Trinajstić information content (AvgIpc) is 2.69. The van der Waals surface area contributed by atoms with Gasteiger partial charge in [0.25, 0.3) is 5.91 Å². The Bertz CT molecular complexity index is 669. The maximum Gasteiger partial charge on any atom is 0.255 e. The number of nitrogen functional groups attached to an aromatic ring is 1. The van der Waals surface area contributed by atoms with Crippen molar-refractivity contribution in [2.24, 2.45) is 5.92 Å². The number of unbranched alkanes of at least 4 members (excludes halogenated alkanes) is 1. The molecule has 2 atom stereocenters. The number of benzene rings is 1. The summed E-state index contributed by atoms with van der Waals surface area (Å²) in [4.78, 5) is 15.0. The number of fused-ring (bicyclic) bond motifs is 1. The van der Waals surface area contributed by atoms with Gasteiger partial charge in [-0.25, -0.2) is 0 Å². The molecule has 156 valence electrons. The number of likely N-dealkylation sites (tertiary alicyclic amines) is 1. The molecule has 1 aromatic carbocycles. The van der Waals surface area contributed by atoms with Gasteiger partial charge in [0.2, 0.25) is 0 Å². The highest BCUT2D eigenvalue weighted by atomic mass is 16.6. The van der Waals surface area contributed by atoms with Gasteiger partial charge in [-0.3, -0.25) is 4.79 Å². The van der Waals surface area contributed by atoms with Gasteiger partial charge in [-0.1, -0.05) is 0 Å². The number of anilines is 1. The Labute approximate surface area is 165 Å². The van der Waals surface area contributed by atoms with Crippen molar-refractivity contribution in [3.05, 3.63) is 17.7 Å². The molecule has 2 aliphatic heterocycles. The van der Waals surface area contributed by atoms with Crippen molar-refractivity contribution in [3.63, 3.8) is 0 Å². The Morgan fingerprint density at radius 3 is 2.96 bits per heavy atom. The minimum Gasteiger partial charge on any atom is -0.486 e. The Morgan fingerprint density at radius 1 is 1.36 bits per heavy atom. The summed E-state index contributed by atoms with van der Waals surface area (Å²) in [6.45, 7) is 4.56. The molecule has 1 aromatic rings. The molecule has 0 unspecified atom stereocenters. The largest absolute Gasteiger partial charge is 0.486 e. The number of β-amino-alcohol motifs (C(OH)–C–C–N with tert-alkyl or cyclic N) is 1. The van der Waals surface area contributed by atoms with Gasteiger partial charge >= 0.3 is 0 Å². The van der Waals surface area contributed by atoms with Crippen LogP contribution in [0.15, 0.2) is 12.1 Å². The third-order valence-electron chi connectivity index (χ3n) is 5.31. The van der Waals surface area contributed by atoms with Crippen LogP contribution in [-0.2, 0) is 4.74 Å². The first-order valence-electron chi connectivity index (χ1n) is 9.95. The molecular formula is C20H31N3O5. The van der Waals surface area contributed by atoms with Crippen molar-refractivity contribution in [2.75, 3.05) is 58.8 Å². The SMILES string of the molecule is COCCCCN1CC[C@@H](CNC(=O)c2cc(N)cc3c2OCCO3)[C@H](O)C1. The molecule has 1 saturated heterocycles. The number of rotatable bonds is 8. The number of ether oxygens (including phenoxy) is 3. The van der Waals surface area contributed by atoms with Gasteiger partial charge in [0.1, 0.15) is 13.2 Å². The first-order chi connectivity index (χ1) is 13.6. The van der Waals surface area contributed by atoms with E-state index in [0.717, 1.165) is 39.0 Å². The lowest BCUT2D eigenvalue weighted by atomic mass is 9.93. The molecule has 28 heavy (non-hydrogen) atoms. The fraction of sp³-hybridized carbons (Fsp3) is 0.650. The second-order valence-corrected chi connectivity index (χ2v) is 7.42. The lowest BCUT2D eigenvalue weighted by molar-refractivity contribution is 0.0209. The van der Waals surface area contributed by atoms with Crippen LogP contribution in [0.25, 0.3) is 0 Å². The molecule has 3 rings (SSSR count). The quantitative estimate of drug-likeness (QED) is 0.445. The zero-order chi connectivity index (χ0) is 19.9. The van der Waals surface area contributed by atoms with Crippen molar-refractivity contribution in [1.82, 2.24) is 10.2 Å². The van der Waals surface area contributed by atoms with Crippen LogP contribution in [0.4, 0.5) is 5.69 Å². The highest BCUT2D eigenvalue weighted by Gasteiger charge is 2.28. The summed E-state index contributed by atoms with van der Waals surface area (Å²) in [6.07, 6.45) is 2.48. The lowest BCUT2D eigenvalue weighted by Gasteiger charge is -2.36. The molecule has 1 amide bonds. The van der Waals surface area contributed by atoms with Crippen LogP contribution in [0.2, 0.25) is 0 Å². The van der Waals surface area contributed by atoms with Crippen LogP contribution in [-0.4, -0.2) is 75.1 Å². The summed E-state index contributed by atoms with van der Waals surface area (Å²) >= 11 is 0. The van der Waals surface area contributed by atoms with Gasteiger partial charge in [0.15, 0.2) is 11.5 Å². The van der Waals surface area contributed by atoms with Gasteiger partial charge in [-0.2, -0.15) is 0 Å². The fourth-order valence-corrected chi connectivity index (χ4v) is 3.73. The molecule has 4 N–H and O–H groups in total. The van der Waals surface area contributed by atoms with E-state index in [9.17, 15) is 9.90 Å². The van der Waals surface area contributed by atoms with E-state index in [1.165, 1.54) is 0 Å². The van der Waals surface area contributed by atoms with E-state index in [1.807, 2.05) is 0 Å². The zero-order valence-electron chi connectivity index (χ0n) is 16.5. The van der Waals surface area contributed by atoms with Crippen LogP contribution < -0.4 is 20.5 Å². The van der Waals surface area contributed by atoms with Crippen LogP contribution in [0.5, 0.6) is 11.5 Å². The molecule has 0 aliphatic carbocycles. The maximum absolute atomic E-state index is 12.7. The van der Waals surface area contributed by atoms with Gasteiger partial charge < -0.3 is 35.3 Å². The number of nitrogens with zero attached hydrogens (tertiary/aromatic N) is 1. The van der Waals surface area contributed by atoms with E-state index in [-0.39, 0.29) is 11.8 Å². The fourth-order valence-electron chi connectivity index (χ4n) is 3.73. The maximum atomic E-state index is 12.7. The minimum absolute atomic E-state index is 0.0354. The standard InChI is InChI=1S/C20H31N3O5/c1-26-7-3-2-5-23-6-4-14(17(24)13-23)12-22-20(25)16-10-15(21)11-18-19(16)28-9-8-27-18/h10-11,14,17,24H,2-9,12-13,21H2,1H3,(H,22,25)/t14-,17+/m0/s1. The number of carbonyl (C=O) groups excluding carboxylic acids is 1. The molecular weight excluding hydrogens is 362 g/mol. The molecule has 8 nitrogen and oxygen atoms in total. The van der Waals surface area contributed by atoms with E-state index in [4.69, 9.17) is 19.9 Å². The molecule has 2 heterocycles. The lowest BCUT2D eigenvalue weighted by Crippen LogP contribution is -2.47. The Hall–Kier alpha value is -2.03. The van der Waals surface area contributed by atoms with Crippen molar-refractivity contribution in [1.29, 1.82) is 0 Å². The summed E-state index contributed by atoms with van der Waals surface area (Å²) in [6, 6.07) is 3.26. The van der Waals surface area contributed by atoms with Gasteiger partial charge in [-0.15, -0.1) is 0 Å². The minimum atomic E-state index is -0.453. The number of nitrogens with one attached hydrogen (secondary N) is 1. The number of nitrogens with two attached hydrogens (primary N) is 1. The summed E-state index contributed by atoms with van der Waals surface area (Å²) in [5.41, 5.74) is 6.72. The average molecular weight is 393 g/mol. The van der Waals surface area contributed by atoms with Crippen molar-refractivity contribution in [2.45, 2.75) is 25.4 Å². The second-order valence-electron chi connectivity index (χ2n) is 7.42. The van der Waals surface area contributed by atoms with Crippen LogP contribution in [0.1, 0.15) is 29.6 Å². The smallest absolute Gasteiger partial charge is 0.255 e. The van der Waals surface area contributed by atoms with E-state index < -0.39 is 6.10 Å². The molecule has 0 radical (unpaired) electrons. The highest BCUT2D eigenvalue weighted by Crippen LogP contribution is 2.36. The Morgan fingerprint density at radius 2 is 2.18 bits per heavy atom. The monoisotopic (exact) mass is 393 g/mol. The number of amides is 1. The normalized spacial score (nSPS) is 22.1. The van der Waals surface area contributed by atoms with Gasteiger partial charge in [-0.05, 0) is 38.4 Å². The molecule has 1 fully saturated rings. The van der Waals surface area contributed by atoms with Crippen molar-refractivity contribution in [3.8, 4) is 11.5 Å². The molecule has 8 heteroatoms. The van der Waals surface area contributed by atoms with Crippen LogP contribution in [0, 0.1) is 5.92 Å². The molecule has 0 spiro atoms. The molecule has 0 aromatic heterocycles. The summed E-state index contributed by atoms with van der Waals surface area (Å²) < 4.78 is 16.2. The molecule has 0 saturated carbocycles. The molecule has 0 bridgehead atoms. The summed E-state index contributed by atoms with van der Waals surface area (Å²) in [5.74, 6) is 0.707. The van der Waals surface area contributed by atoms with E-state index in [0.29, 0.717) is 49.1 Å². The summed E-state index contributed by atoms with van der Waals surface area (Å²) in [5, 5.41) is 13.4. The van der Waals surface area contributed by atoms with E-state index in [2.05, 4.69) is 10.2 Å². The third-order valence-corrected chi connectivity index (χ3v) is 5.31. The first kappa shape index (κ1) is 20.7. The number of carbonyl (C=O) groups is 1. The van der Waals surface area contributed by atoms with E-state index >= 15 is 0 Å². The Balaban J connectivity index is 1.50. The number of aliphatic hydroxyl groups excluding tert-OH is 1. The number of piperidine rings is 1. The van der Waals surface area contributed by atoms with Crippen molar-refractivity contribution < 1.29 is 24.1 Å². The number of hydrogen-bond donors (Lipinski definition) is 3. The number of hydrogen-bond acceptors (Lipinski definition) is 7.